The molecule has 0 heterocycles. The summed E-state index contributed by atoms with van der Waals surface area (Å²) >= 11 is 0. The van der Waals surface area contributed by atoms with Gasteiger partial charge in [-0.1, -0.05) is 25.5 Å². The van der Waals surface area contributed by atoms with Crippen LogP contribution in [0.1, 0.15) is 19.8 Å². The van der Waals surface area contributed by atoms with E-state index in [9.17, 15) is 13.8 Å². The minimum absolute atomic E-state index is 0.0477. The van der Waals surface area contributed by atoms with Gasteiger partial charge in [0.1, 0.15) is 5.82 Å². The van der Waals surface area contributed by atoms with Crippen LogP contribution >= 0.6 is 7.37 Å². The highest BCUT2D eigenvalue weighted by atomic mass is 31.2. The van der Waals surface area contributed by atoms with E-state index in [1.54, 1.807) is 6.07 Å². The van der Waals surface area contributed by atoms with Crippen molar-refractivity contribution in [1.82, 2.24) is 0 Å². The molecule has 1 N–H and O–H groups in total. The molecule has 1 aromatic rings. The van der Waals surface area contributed by atoms with Crippen molar-refractivity contribution in [3.63, 3.8) is 0 Å². The van der Waals surface area contributed by atoms with Crippen LogP contribution in [0.25, 0.3) is 0 Å². The molecule has 2 nitrogen and oxygen atoms in total. The third-order valence-electron chi connectivity index (χ3n) is 2.04. The molecule has 4 heteroatoms. The number of halogens is 1. The Labute approximate surface area is 83.2 Å². The van der Waals surface area contributed by atoms with Gasteiger partial charge in [0.25, 0.3) is 0 Å². The van der Waals surface area contributed by atoms with Gasteiger partial charge in [-0.3, -0.25) is 4.57 Å². The van der Waals surface area contributed by atoms with Gasteiger partial charge in [0.2, 0.25) is 7.37 Å². The highest BCUT2D eigenvalue weighted by molar-refractivity contribution is 7.66. The molecular weight excluding hydrogens is 202 g/mol. The first-order chi connectivity index (χ1) is 6.58. The van der Waals surface area contributed by atoms with Gasteiger partial charge < -0.3 is 4.89 Å². The van der Waals surface area contributed by atoms with Gasteiger partial charge >= 0.3 is 0 Å². The Hall–Kier alpha value is -0.660. The van der Waals surface area contributed by atoms with Crippen LogP contribution in [0.15, 0.2) is 24.3 Å². The topological polar surface area (TPSA) is 37.3 Å². The molecule has 0 bridgehead atoms. The van der Waals surface area contributed by atoms with Gasteiger partial charge in [-0.2, -0.15) is 0 Å². The van der Waals surface area contributed by atoms with Gasteiger partial charge in [-0.25, -0.2) is 4.39 Å². The zero-order valence-corrected chi connectivity index (χ0v) is 9.01. The zero-order chi connectivity index (χ0) is 10.6. The minimum atomic E-state index is -3.47. The first kappa shape index (κ1) is 11.4. The quantitative estimate of drug-likeness (QED) is 0.785. The van der Waals surface area contributed by atoms with Gasteiger partial charge in [0.05, 0.1) is 5.30 Å². The van der Waals surface area contributed by atoms with Crippen LogP contribution in [0.5, 0.6) is 0 Å². The van der Waals surface area contributed by atoms with E-state index in [0.29, 0.717) is 6.42 Å². The SMILES string of the molecule is CCCCP(=O)(O)c1ccccc1F. The zero-order valence-electron chi connectivity index (χ0n) is 8.11. The van der Waals surface area contributed by atoms with E-state index in [-0.39, 0.29) is 11.5 Å². The van der Waals surface area contributed by atoms with Crippen molar-refractivity contribution in [1.29, 1.82) is 0 Å². The van der Waals surface area contributed by atoms with Crippen LogP contribution in [-0.4, -0.2) is 11.1 Å². The van der Waals surface area contributed by atoms with Gasteiger partial charge in [-0.05, 0) is 18.6 Å². The van der Waals surface area contributed by atoms with Crippen molar-refractivity contribution in [2.45, 2.75) is 19.8 Å². The number of hydrogen-bond donors (Lipinski definition) is 1. The number of hydrogen-bond acceptors (Lipinski definition) is 1. The summed E-state index contributed by atoms with van der Waals surface area (Å²) in [5, 5.41) is -0.0477. The lowest BCUT2D eigenvalue weighted by Gasteiger charge is -2.11. The van der Waals surface area contributed by atoms with Crippen LogP contribution in [0.3, 0.4) is 0 Å². The third-order valence-corrected chi connectivity index (χ3v) is 4.08. The summed E-state index contributed by atoms with van der Waals surface area (Å²) in [6.45, 7) is 1.93. The maximum atomic E-state index is 13.2. The maximum absolute atomic E-state index is 13.2. The fourth-order valence-electron chi connectivity index (χ4n) is 1.23. The van der Waals surface area contributed by atoms with E-state index in [4.69, 9.17) is 0 Å². The van der Waals surface area contributed by atoms with Crippen LogP contribution in [-0.2, 0) is 4.57 Å². The molecule has 0 aliphatic carbocycles. The van der Waals surface area contributed by atoms with Crippen molar-refractivity contribution < 1.29 is 13.8 Å². The Balaban J connectivity index is 2.92. The van der Waals surface area contributed by atoms with Crippen LogP contribution in [0, 0.1) is 5.82 Å². The van der Waals surface area contributed by atoms with E-state index in [1.165, 1.54) is 18.2 Å². The van der Waals surface area contributed by atoms with E-state index in [1.807, 2.05) is 6.92 Å². The number of benzene rings is 1. The minimum Gasteiger partial charge on any atom is -0.341 e. The summed E-state index contributed by atoms with van der Waals surface area (Å²) in [5.74, 6) is -0.588. The third kappa shape index (κ3) is 2.66. The van der Waals surface area contributed by atoms with Crippen molar-refractivity contribution >= 4 is 12.7 Å². The van der Waals surface area contributed by atoms with Crippen molar-refractivity contribution in [2.24, 2.45) is 0 Å². The summed E-state index contributed by atoms with van der Waals surface area (Å²) in [7, 11) is -3.47. The molecule has 1 atom stereocenters. The molecule has 0 saturated carbocycles. The maximum Gasteiger partial charge on any atom is 0.232 e. The monoisotopic (exact) mass is 216 g/mol. The Bertz CT molecular complexity index is 352. The molecule has 0 saturated heterocycles. The molecule has 0 amide bonds. The Kier molecular flexibility index (Phi) is 3.85. The van der Waals surface area contributed by atoms with Crippen molar-refractivity contribution in [2.75, 3.05) is 6.16 Å². The molecule has 1 rings (SSSR count). The first-order valence-electron chi connectivity index (χ1n) is 4.65. The molecule has 0 radical (unpaired) electrons. The smallest absolute Gasteiger partial charge is 0.232 e. The fraction of sp³-hybridized carbons (Fsp3) is 0.400. The van der Waals surface area contributed by atoms with Gasteiger partial charge in [0, 0.05) is 6.16 Å². The normalized spacial score (nSPS) is 15.1. The van der Waals surface area contributed by atoms with Crippen LogP contribution in [0.2, 0.25) is 0 Å². The molecule has 78 valence electrons. The average molecular weight is 216 g/mol. The highest BCUT2D eigenvalue weighted by Gasteiger charge is 2.23. The molecule has 14 heavy (non-hydrogen) atoms. The standard InChI is InChI=1S/C10H14FO2P/c1-2-3-8-14(12,13)10-7-5-4-6-9(10)11/h4-7H,2-3,8H2,1H3,(H,12,13). The molecule has 0 spiro atoms. The van der Waals surface area contributed by atoms with E-state index in [2.05, 4.69) is 0 Å². The fourth-order valence-corrected chi connectivity index (χ4v) is 2.94. The number of unbranched alkanes of at least 4 members (excludes halogenated alkanes) is 1. The summed E-state index contributed by atoms with van der Waals surface area (Å²) in [6, 6.07) is 5.68. The lowest BCUT2D eigenvalue weighted by atomic mass is 10.3. The van der Waals surface area contributed by atoms with Crippen molar-refractivity contribution in [3.05, 3.63) is 30.1 Å². The molecule has 1 unspecified atom stereocenters. The Morgan fingerprint density at radius 3 is 2.64 bits per heavy atom. The predicted molar refractivity (Wildman–Crippen MR) is 55.6 cm³/mol. The van der Waals surface area contributed by atoms with Gasteiger partial charge in [-0.15, -0.1) is 0 Å². The summed E-state index contributed by atoms with van der Waals surface area (Å²) < 4.78 is 24.9. The van der Waals surface area contributed by atoms with E-state index < -0.39 is 13.2 Å². The van der Waals surface area contributed by atoms with Crippen LogP contribution < -0.4 is 5.30 Å². The number of rotatable bonds is 4. The van der Waals surface area contributed by atoms with Gasteiger partial charge in [0.15, 0.2) is 0 Å². The molecule has 0 aliphatic heterocycles. The second-order valence-corrected chi connectivity index (χ2v) is 5.56. The van der Waals surface area contributed by atoms with E-state index >= 15 is 0 Å². The molecular formula is C10H14FO2P. The summed E-state index contributed by atoms with van der Waals surface area (Å²) in [6.07, 6.45) is 1.63. The summed E-state index contributed by atoms with van der Waals surface area (Å²) in [4.78, 5) is 9.61. The molecule has 0 fully saturated rings. The Morgan fingerprint density at radius 1 is 1.43 bits per heavy atom. The highest BCUT2D eigenvalue weighted by Crippen LogP contribution is 2.40. The van der Waals surface area contributed by atoms with E-state index in [0.717, 1.165) is 6.42 Å². The summed E-state index contributed by atoms with van der Waals surface area (Å²) in [5.41, 5.74) is 0. The Morgan fingerprint density at radius 2 is 2.07 bits per heavy atom. The first-order valence-corrected chi connectivity index (χ1v) is 6.49. The predicted octanol–water partition coefficient (Wildman–Crippen LogP) is 2.52. The lowest BCUT2D eigenvalue weighted by Crippen LogP contribution is -2.11. The average Bonchev–Trinajstić information content (AvgIpc) is 2.15. The molecule has 0 aromatic heterocycles. The molecule has 1 aromatic carbocycles. The van der Waals surface area contributed by atoms with Crippen LogP contribution in [0.4, 0.5) is 4.39 Å². The molecule has 0 aliphatic rings. The van der Waals surface area contributed by atoms with Crippen molar-refractivity contribution in [3.8, 4) is 0 Å². The second-order valence-electron chi connectivity index (χ2n) is 3.23. The largest absolute Gasteiger partial charge is 0.341 e. The second kappa shape index (κ2) is 4.72. The lowest BCUT2D eigenvalue weighted by molar-refractivity contribution is 0.485.